The average Bonchev–Trinajstić information content (AvgIpc) is 3.06. The molecule has 1 unspecified atom stereocenters. The molecule has 6 heteroatoms. The van der Waals surface area contributed by atoms with Crippen LogP contribution in [0.1, 0.15) is 12.0 Å². The molecule has 6 nitrogen and oxygen atoms in total. The van der Waals surface area contributed by atoms with E-state index >= 15 is 0 Å². The summed E-state index contributed by atoms with van der Waals surface area (Å²) >= 11 is 0. The van der Waals surface area contributed by atoms with Crippen LogP contribution in [0, 0.1) is 12.8 Å². The van der Waals surface area contributed by atoms with Crippen molar-refractivity contribution in [1.29, 1.82) is 0 Å². The number of carbonyl (C=O) groups is 1. The number of anilines is 1. The quantitative estimate of drug-likeness (QED) is 0.874. The molecule has 1 aromatic carbocycles. The lowest BCUT2D eigenvalue weighted by molar-refractivity contribution is -0.117. The first-order valence-corrected chi connectivity index (χ1v) is 6.67. The Labute approximate surface area is 117 Å². The first-order chi connectivity index (χ1) is 9.67. The van der Waals surface area contributed by atoms with Gasteiger partial charge in [-0.05, 0) is 19.4 Å². The van der Waals surface area contributed by atoms with Crippen molar-refractivity contribution >= 4 is 11.9 Å². The molecule has 1 aromatic heterocycles. The molecule has 0 bridgehead atoms. The zero-order valence-electron chi connectivity index (χ0n) is 11.3. The monoisotopic (exact) mass is 271 g/mol. The number of nitrogens with one attached hydrogen (secondary N) is 1. The van der Waals surface area contributed by atoms with E-state index in [1.807, 2.05) is 31.2 Å². The number of rotatable bonds is 3. The fraction of sp³-hybridized carbons (Fsp3) is 0.357. The number of benzene rings is 1. The van der Waals surface area contributed by atoms with Gasteiger partial charge in [-0.1, -0.05) is 29.8 Å². The second-order valence-corrected chi connectivity index (χ2v) is 5.16. The number of aromatic amines is 1. The molecule has 1 fully saturated rings. The van der Waals surface area contributed by atoms with Gasteiger partial charge in [-0.2, -0.15) is 4.98 Å². The van der Waals surface area contributed by atoms with E-state index in [1.165, 1.54) is 5.56 Å². The van der Waals surface area contributed by atoms with Gasteiger partial charge in [0.15, 0.2) is 5.82 Å². The molecule has 0 aliphatic carbocycles. The topological polar surface area (TPSA) is 87.9 Å². The Hall–Kier alpha value is -2.21. The summed E-state index contributed by atoms with van der Waals surface area (Å²) in [6.45, 7) is 3.14. The van der Waals surface area contributed by atoms with Crippen molar-refractivity contribution in [2.75, 3.05) is 18.0 Å². The van der Waals surface area contributed by atoms with Crippen LogP contribution in [0.15, 0.2) is 24.3 Å². The molecule has 1 aliphatic rings. The van der Waals surface area contributed by atoms with Crippen LogP contribution in [-0.2, 0) is 4.79 Å². The summed E-state index contributed by atoms with van der Waals surface area (Å²) in [5.74, 6) is 1.34. The third-order valence-corrected chi connectivity index (χ3v) is 3.58. The van der Waals surface area contributed by atoms with Gasteiger partial charge in [-0.15, -0.1) is 5.10 Å². The maximum atomic E-state index is 11.9. The number of aryl methyl sites for hydroxylation is 1. The number of H-pyrrole nitrogens is 1. The highest BCUT2D eigenvalue weighted by Gasteiger charge is 2.32. The molecule has 0 spiro atoms. The van der Waals surface area contributed by atoms with Crippen molar-refractivity contribution in [3.63, 3.8) is 0 Å². The first-order valence-electron chi connectivity index (χ1n) is 6.67. The highest BCUT2D eigenvalue weighted by atomic mass is 16.2. The molecule has 3 rings (SSSR count). The number of amides is 1. The van der Waals surface area contributed by atoms with Gasteiger partial charge in [-0.25, -0.2) is 0 Å². The Morgan fingerprint density at radius 2 is 2.15 bits per heavy atom. The van der Waals surface area contributed by atoms with Crippen LogP contribution < -0.4 is 10.6 Å². The molecule has 1 atom stereocenters. The Morgan fingerprint density at radius 1 is 1.40 bits per heavy atom. The first kappa shape index (κ1) is 12.8. The Kier molecular flexibility index (Phi) is 3.23. The van der Waals surface area contributed by atoms with Crippen molar-refractivity contribution < 1.29 is 4.79 Å². The lowest BCUT2D eigenvalue weighted by Gasteiger charge is -2.10. The van der Waals surface area contributed by atoms with E-state index < -0.39 is 0 Å². The van der Waals surface area contributed by atoms with Gasteiger partial charge in [0, 0.05) is 18.5 Å². The van der Waals surface area contributed by atoms with Crippen LogP contribution in [0.2, 0.25) is 0 Å². The smallest absolute Gasteiger partial charge is 0.251 e. The summed E-state index contributed by atoms with van der Waals surface area (Å²) in [5, 5.41) is 7.03. The van der Waals surface area contributed by atoms with Gasteiger partial charge in [0.05, 0.1) is 0 Å². The van der Waals surface area contributed by atoms with Gasteiger partial charge < -0.3 is 5.73 Å². The van der Waals surface area contributed by atoms with Crippen molar-refractivity contribution in [1.82, 2.24) is 15.2 Å². The fourth-order valence-electron chi connectivity index (χ4n) is 2.35. The van der Waals surface area contributed by atoms with E-state index in [-0.39, 0.29) is 11.8 Å². The van der Waals surface area contributed by atoms with Crippen molar-refractivity contribution in [3.05, 3.63) is 29.8 Å². The molecule has 0 radical (unpaired) electrons. The molecule has 1 aliphatic heterocycles. The van der Waals surface area contributed by atoms with E-state index in [1.54, 1.807) is 4.90 Å². The summed E-state index contributed by atoms with van der Waals surface area (Å²) in [5.41, 5.74) is 7.76. The number of aromatic nitrogens is 3. The fourth-order valence-corrected chi connectivity index (χ4v) is 2.35. The summed E-state index contributed by atoms with van der Waals surface area (Å²) < 4.78 is 0. The molecule has 1 amide bonds. The summed E-state index contributed by atoms with van der Waals surface area (Å²) in [6, 6.07) is 7.99. The normalized spacial score (nSPS) is 18.8. The number of hydrogen-bond acceptors (Lipinski definition) is 4. The van der Waals surface area contributed by atoms with Crippen LogP contribution >= 0.6 is 0 Å². The van der Waals surface area contributed by atoms with Crippen molar-refractivity contribution in [3.8, 4) is 11.4 Å². The molecule has 104 valence electrons. The van der Waals surface area contributed by atoms with E-state index in [0.29, 0.717) is 31.3 Å². The van der Waals surface area contributed by atoms with Crippen LogP contribution in [0.25, 0.3) is 11.4 Å². The molecule has 0 saturated carbocycles. The predicted octanol–water partition coefficient (Wildman–Crippen LogP) is 1.09. The Bertz CT molecular complexity index is 619. The lowest BCUT2D eigenvalue weighted by Crippen LogP contribution is -2.26. The van der Waals surface area contributed by atoms with Gasteiger partial charge >= 0.3 is 0 Å². The van der Waals surface area contributed by atoms with Crippen LogP contribution in [-0.4, -0.2) is 34.2 Å². The molecule has 2 heterocycles. The van der Waals surface area contributed by atoms with E-state index in [4.69, 9.17) is 5.73 Å². The zero-order chi connectivity index (χ0) is 14.1. The zero-order valence-corrected chi connectivity index (χ0v) is 11.3. The number of nitrogens with zero attached hydrogens (tertiary/aromatic N) is 3. The summed E-state index contributed by atoms with van der Waals surface area (Å²) in [4.78, 5) is 17.9. The summed E-state index contributed by atoms with van der Waals surface area (Å²) in [6.07, 6.45) is 0.477. The maximum Gasteiger partial charge on any atom is 0.251 e. The second-order valence-electron chi connectivity index (χ2n) is 5.16. The SMILES string of the molecule is Cc1ccc(-c2nc(N3CC(CN)CC3=O)n[nH]2)cc1. The van der Waals surface area contributed by atoms with Crippen molar-refractivity contribution in [2.24, 2.45) is 11.7 Å². The molecule has 3 N–H and O–H groups in total. The highest BCUT2D eigenvalue weighted by Crippen LogP contribution is 2.23. The minimum absolute atomic E-state index is 0.0370. The largest absolute Gasteiger partial charge is 0.330 e. The molecular weight excluding hydrogens is 254 g/mol. The van der Waals surface area contributed by atoms with Crippen LogP contribution in [0.5, 0.6) is 0 Å². The third kappa shape index (κ3) is 2.30. The van der Waals surface area contributed by atoms with E-state index in [9.17, 15) is 4.79 Å². The number of carbonyl (C=O) groups excluding carboxylic acids is 1. The Balaban J connectivity index is 1.83. The average molecular weight is 271 g/mol. The van der Waals surface area contributed by atoms with Crippen molar-refractivity contribution in [2.45, 2.75) is 13.3 Å². The number of nitrogens with two attached hydrogens (primary N) is 1. The van der Waals surface area contributed by atoms with E-state index in [2.05, 4.69) is 15.2 Å². The van der Waals surface area contributed by atoms with Crippen LogP contribution in [0.3, 0.4) is 0 Å². The minimum atomic E-state index is 0.0370. The van der Waals surface area contributed by atoms with Gasteiger partial charge in [0.2, 0.25) is 5.91 Å². The summed E-state index contributed by atoms with van der Waals surface area (Å²) in [7, 11) is 0. The molecule has 2 aromatic rings. The molecular formula is C14H17N5O. The third-order valence-electron chi connectivity index (χ3n) is 3.58. The Morgan fingerprint density at radius 3 is 2.80 bits per heavy atom. The van der Waals surface area contributed by atoms with Crippen LogP contribution in [0.4, 0.5) is 5.95 Å². The molecule has 1 saturated heterocycles. The maximum absolute atomic E-state index is 11.9. The predicted molar refractivity (Wildman–Crippen MR) is 76.1 cm³/mol. The lowest BCUT2D eigenvalue weighted by atomic mass is 10.1. The van der Waals surface area contributed by atoms with E-state index in [0.717, 1.165) is 5.56 Å². The van der Waals surface area contributed by atoms with Gasteiger partial charge in [-0.3, -0.25) is 14.8 Å². The molecule has 20 heavy (non-hydrogen) atoms. The van der Waals surface area contributed by atoms with Gasteiger partial charge in [0.25, 0.3) is 5.95 Å². The minimum Gasteiger partial charge on any atom is -0.330 e. The second kappa shape index (κ2) is 5.05. The highest BCUT2D eigenvalue weighted by molar-refractivity contribution is 5.94. The number of hydrogen-bond donors (Lipinski definition) is 2. The van der Waals surface area contributed by atoms with Gasteiger partial charge in [0.1, 0.15) is 0 Å². The standard InChI is InChI=1S/C14H17N5O/c1-9-2-4-11(5-3-9)13-16-14(18-17-13)19-8-10(7-15)6-12(19)20/h2-5,10H,6-8,15H2,1H3,(H,16,17,18).